The summed E-state index contributed by atoms with van der Waals surface area (Å²) in [5.41, 5.74) is 0.892. The minimum Gasteiger partial charge on any atom is -0.478 e. The van der Waals surface area contributed by atoms with Gasteiger partial charge in [-0.25, -0.2) is 9.48 Å². The van der Waals surface area contributed by atoms with E-state index in [1.54, 1.807) is 16.8 Å². The molecule has 0 fully saturated rings. The van der Waals surface area contributed by atoms with E-state index in [2.05, 4.69) is 15.5 Å². The Morgan fingerprint density at radius 3 is 3.00 bits per heavy atom. The Hall–Kier alpha value is -1.60. The van der Waals surface area contributed by atoms with Crippen LogP contribution in [0.5, 0.6) is 0 Å². The van der Waals surface area contributed by atoms with Gasteiger partial charge in [0.2, 0.25) is 5.16 Å². The number of tetrazole rings is 1. The van der Waals surface area contributed by atoms with Gasteiger partial charge in [0, 0.05) is 17.3 Å². The Kier molecular flexibility index (Phi) is 4.39. The first kappa shape index (κ1) is 13.8. The molecule has 0 saturated carbocycles. The smallest absolute Gasteiger partial charge is 0.335 e. The Labute approximate surface area is 118 Å². The van der Waals surface area contributed by atoms with E-state index in [4.69, 9.17) is 16.7 Å². The summed E-state index contributed by atoms with van der Waals surface area (Å²) in [7, 11) is 0. The Morgan fingerprint density at radius 2 is 2.32 bits per heavy atom. The molecule has 2 aromatic rings. The van der Waals surface area contributed by atoms with Crippen molar-refractivity contribution in [3.8, 4) is 0 Å². The summed E-state index contributed by atoms with van der Waals surface area (Å²) < 4.78 is 1.65. The molecule has 100 valence electrons. The van der Waals surface area contributed by atoms with Crippen LogP contribution in [0, 0.1) is 0 Å². The van der Waals surface area contributed by atoms with Crippen molar-refractivity contribution < 1.29 is 9.90 Å². The predicted octanol–water partition coefficient (Wildman–Crippen LogP) is 2.34. The van der Waals surface area contributed by atoms with Crippen LogP contribution in [-0.4, -0.2) is 31.3 Å². The van der Waals surface area contributed by atoms with Gasteiger partial charge >= 0.3 is 5.97 Å². The number of nitrogens with zero attached hydrogens (tertiary/aromatic N) is 4. The number of aromatic carboxylic acids is 1. The fourth-order valence-corrected chi connectivity index (χ4v) is 2.66. The Bertz CT molecular complexity index is 602. The lowest BCUT2D eigenvalue weighted by Crippen LogP contribution is -2.03. The normalized spacial score (nSPS) is 10.6. The number of rotatable bonds is 5. The van der Waals surface area contributed by atoms with Gasteiger partial charge in [0.15, 0.2) is 0 Å². The maximum atomic E-state index is 11.1. The number of halogens is 1. The van der Waals surface area contributed by atoms with Crippen molar-refractivity contribution in [1.82, 2.24) is 20.2 Å². The van der Waals surface area contributed by atoms with Gasteiger partial charge in [0.1, 0.15) is 0 Å². The maximum Gasteiger partial charge on any atom is 0.335 e. The molecule has 19 heavy (non-hydrogen) atoms. The van der Waals surface area contributed by atoms with Gasteiger partial charge in [-0.2, -0.15) is 0 Å². The highest BCUT2D eigenvalue weighted by Crippen LogP contribution is 2.24. The third-order valence-electron chi connectivity index (χ3n) is 2.45. The monoisotopic (exact) mass is 298 g/mol. The molecule has 8 heteroatoms. The molecule has 0 amide bonds. The number of hydrogen-bond acceptors (Lipinski definition) is 5. The summed E-state index contributed by atoms with van der Waals surface area (Å²) >= 11 is 7.27. The van der Waals surface area contributed by atoms with Crippen LogP contribution in [0.1, 0.15) is 22.8 Å². The first-order chi connectivity index (χ1) is 9.11. The van der Waals surface area contributed by atoms with E-state index in [1.165, 1.54) is 17.8 Å². The number of aryl methyl sites for hydroxylation is 1. The summed E-state index contributed by atoms with van der Waals surface area (Å²) in [6.07, 6.45) is 0. The summed E-state index contributed by atoms with van der Waals surface area (Å²) in [4.78, 5) is 11.1. The highest BCUT2D eigenvalue weighted by atomic mass is 35.5. The van der Waals surface area contributed by atoms with Gasteiger partial charge in [-0.1, -0.05) is 23.4 Å². The number of thioether (sulfide) groups is 1. The zero-order valence-electron chi connectivity index (χ0n) is 10.1. The molecule has 0 unspecified atom stereocenters. The largest absolute Gasteiger partial charge is 0.478 e. The molecule has 1 N–H and O–H groups in total. The zero-order valence-corrected chi connectivity index (χ0v) is 11.6. The van der Waals surface area contributed by atoms with Crippen molar-refractivity contribution >= 4 is 29.3 Å². The molecule has 0 aliphatic rings. The minimum absolute atomic E-state index is 0.243. The third-order valence-corrected chi connectivity index (χ3v) is 3.69. The molecule has 6 nitrogen and oxygen atoms in total. The van der Waals surface area contributed by atoms with Crippen molar-refractivity contribution in [3.05, 3.63) is 34.3 Å². The van der Waals surface area contributed by atoms with Crippen molar-refractivity contribution in [1.29, 1.82) is 0 Å². The molecule has 0 aliphatic heterocycles. The van der Waals surface area contributed by atoms with E-state index in [0.29, 0.717) is 28.0 Å². The van der Waals surface area contributed by atoms with Gasteiger partial charge in [0.25, 0.3) is 0 Å². The van der Waals surface area contributed by atoms with Gasteiger partial charge < -0.3 is 5.11 Å². The third kappa shape index (κ3) is 3.24. The lowest BCUT2D eigenvalue weighted by Gasteiger charge is -2.06. The number of carbonyl (C=O) groups is 1. The van der Waals surface area contributed by atoms with Crippen LogP contribution in [-0.2, 0) is 12.3 Å². The SMILES string of the molecule is CCn1nnnc1SCc1cc(Cl)ccc1C(=O)O. The molecule has 0 bridgehead atoms. The van der Waals surface area contributed by atoms with Gasteiger partial charge in [-0.05, 0) is 41.1 Å². The molecule has 1 aromatic carbocycles. The molecule has 1 aromatic heterocycles. The van der Waals surface area contributed by atoms with Gasteiger partial charge in [-0.15, -0.1) is 5.10 Å². The van der Waals surface area contributed by atoms with Crippen molar-refractivity contribution in [2.45, 2.75) is 24.4 Å². The Morgan fingerprint density at radius 1 is 1.53 bits per heavy atom. The number of benzene rings is 1. The van der Waals surface area contributed by atoms with Gasteiger partial charge in [-0.3, -0.25) is 0 Å². The number of hydrogen-bond donors (Lipinski definition) is 1. The minimum atomic E-state index is -0.970. The van der Waals surface area contributed by atoms with Gasteiger partial charge in [0.05, 0.1) is 5.56 Å². The summed E-state index contributed by atoms with van der Waals surface area (Å²) in [5.74, 6) is -0.523. The van der Waals surface area contributed by atoms with E-state index in [1.807, 2.05) is 6.92 Å². The highest BCUT2D eigenvalue weighted by molar-refractivity contribution is 7.98. The van der Waals surface area contributed by atoms with E-state index in [0.717, 1.165) is 0 Å². The van der Waals surface area contributed by atoms with Crippen LogP contribution in [0.15, 0.2) is 23.4 Å². The first-order valence-electron chi connectivity index (χ1n) is 5.52. The topological polar surface area (TPSA) is 80.9 Å². The van der Waals surface area contributed by atoms with Crippen LogP contribution in [0.4, 0.5) is 0 Å². The van der Waals surface area contributed by atoms with Crippen LogP contribution < -0.4 is 0 Å². The summed E-state index contributed by atoms with van der Waals surface area (Å²) in [5, 5.41) is 21.6. The standard InChI is InChI=1S/C11H11ClN4O2S/c1-2-16-11(13-14-15-16)19-6-7-5-8(12)3-4-9(7)10(17)18/h3-5H,2,6H2,1H3,(H,17,18). The van der Waals surface area contributed by atoms with Crippen molar-refractivity contribution in [2.24, 2.45) is 0 Å². The van der Waals surface area contributed by atoms with Crippen LogP contribution >= 0.6 is 23.4 Å². The molecule has 0 radical (unpaired) electrons. The Balaban J connectivity index is 2.19. The molecule has 0 atom stereocenters. The molecular weight excluding hydrogens is 288 g/mol. The quantitative estimate of drug-likeness (QED) is 0.853. The van der Waals surface area contributed by atoms with Crippen molar-refractivity contribution in [2.75, 3.05) is 0 Å². The number of carboxylic acids is 1. The van der Waals surface area contributed by atoms with E-state index < -0.39 is 5.97 Å². The second-order valence-electron chi connectivity index (χ2n) is 3.67. The maximum absolute atomic E-state index is 11.1. The fourth-order valence-electron chi connectivity index (χ4n) is 1.53. The molecule has 0 aliphatic carbocycles. The second kappa shape index (κ2) is 6.03. The average molecular weight is 299 g/mol. The first-order valence-corrected chi connectivity index (χ1v) is 6.89. The van der Waals surface area contributed by atoms with Crippen LogP contribution in [0.3, 0.4) is 0 Å². The summed E-state index contributed by atoms with van der Waals surface area (Å²) in [6.45, 7) is 2.60. The average Bonchev–Trinajstić information content (AvgIpc) is 2.83. The van der Waals surface area contributed by atoms with Crippen LogP contribution in [0.2, 0.25) is 5.02 Å². The molecule has 0 saturated heterocycles. The van der Waals surface area contributed by atoms with Crippen molar-refractivity contribution in [3.63, 3.8) is 0 Å². The van der Waals surface area contributed by atoms with E-state index in [-0.39, 0.29) is 5.56 Å². The number of carboxylic acid groups (broad SMARTS) is 1. The molecular formula is C11H11ClN4O2S. The highest BCUT2D eigenvalue weighted by Gasteiger charge is 2.12. The predicted molar refractivity (Wildman–Crippen MR) is 71.5 cm³/mol. The van der Waals surface area contributed by atoms with Crippen LogP contribution in [0.25, 0.3) is 0 Å². The lowest BCUT2D eigenvalue weighted by molar-refractivity contribution is 0.0696. The molecule has 1 heterocycles. The van der Waals surface area contributed by atoms with E-state index in [9.17, 15) is 4.79 Å². The fraction of sp³-hybridized carbons (Fsp3) is 0.273. The molecule has 2 rings (SSSR count). The zero-order chi connectivity index (χ0) is 13.8. The lowest BCUT2D eigenvalue weighted by atomic mass is 10.1. The molecule has 0 spiro atoms. The summed E-state index contributed by atoms with van der Waals surface area (Å²) in [6, 6.07) is 4.72. The second-order valence-corrected chi connectivity index (χ2v) is 5.05. The number of aromatic nitrogens is 4. The van der Waals surface area contributed by atoms with E-state index >= 15 is 0 Å².